The van der Waals surface area contributed by atoms with Gasteiger partial charge in [0.25, 0.3) is 0 Å². The van der Waals surface area contributed by atoms with Crippen LogP contribution in [0.1, 0.15) is 64.4 Å². The highest BCUT2D eigenvalue weighted by molar-refractivity contribution is 5.37. The maximum atomic E-state index is 12.9. The Kier molecular flexibility index (Phi) is 8.11. The van der Waals surface area contributed by atoms with Crippen molar-refractivity contribution in [3.05, 3.63) is 42.5 Å². The van der Waals surface area contributed by atoms with Gasteiger partial charge in [0.05, 0.1) is 12.3 Å². The Hall–Kier alpha value is -1.31. The molecule has 0 fully saturated rings. The Morgan fingerprint density at radius 1 is 1.19 bits per heavy atom. The largest absolute Gasteiger partial charge is 0.490 e. The molecule has 118 valence electrons. The van der Waals surface area contributed by atoms with Crippen molar-refractivity contribution in [1.29, 1.82) is 0 Å². The van der Waals surface area contributed by atoms with Crippen molar-refractivity contribution in [2.24, 2.45) is 0 Å². The van der Waals surface area contributed by atoms with Crippen LogP contribution < -0.4 is 4.74 Å². The molecule has 0 saturated carbocycles. The van der Waals surface area contributed by atoms with Crippen molar-refractivity contribution in [2.45, 2.75) is 71.1 Å². The fraction of sp³-hybridized carbons (Fsp3) is 0.579. The molecule has 1 aromatic rings. The van der Waals surface area contributed by atoms with Crippen molar-refractivity contribution >= 4 is 0 Å². The fourth-order valence-electron chi connectivity index (χ4n) is 2.48. The van der Waals surface area contributed by atoms with Crippen LogP contribution in [0.4, 0.5) is 4.39 Å². The molecule has 0 bridgehead atoms. The van der Waals surface area contributed by atoms with Crippen LogP contribution in [0, 0.1) is 0 Å². The SMILES string of the molecule is C=CC(C)c1ccccc1OC(CCC)CCCC(C)F. The molecule has 0 aliphatic rings. The predicted octanol–water partition coefficient (Wildman–Crippen LogP) is 6.05. The fourth-order valence-corrected chi connectivity index (χ4v) is 2.48. The second kappa shape index (κ2) is 9.59. The van der Waals surface area contributed by atoms with Crippen LogP contribution in [0.15, 0.2) is 36.9 Å². The summed E-state index contributed by atoms with van der Waals surface area (Å²) in [6.45, 7) is 9.77. The molecule has 0 spiro atoms. The van der Waals surface area contributed by atoms with Gasteiger partial charge >= 0.3 is 0 Å². The van der Waals surface area contributed by atoms with E-state index >= 15 is 0 Å². The first-order valence-corrected chi connectivity index (χ1v) is 8.10. The third-order valence-electron chi connectivity index (χ3n) is 3.80. The Morgan fingerprint density at radius 3 is 2.52 bits per heavy atom. The molecule has 1 nitrogen and oxygen atoms in total. The number of benzene rings is 1. The van der Waals surface area contributed by atoms with Crippen LogP contribution in [0.25, 0.3) is 0 Å². The minimum absolute atomic E-state index is 0.173. The van der Waals surface area contributed by atoms with E-state index < -0.39 is 6.17 Å². The molecule has 1 aromatic carbocycles. The molecule has 21 heavy (non-hydrogen) atoms. The molecule has 0 aromatic heterocycles. The maximum Gasteiger partial charge on any atom is 0.123 e. The van der Waals surface area contributed by atoms with E-state index in [1.165, 1.54) is 5.56 Å². The maximum absolute atomic E-state index is 12.9. The minimum Gasteiger partial charge on any atom is -0.490 e. The lowest BCUT2D eigenvalue weighted by molar-refractivity contribution is 0.169. The monoisotopic (exact) mass is 292 g/mol. The average Bonchev–Trinajstić information content (AvgIpc) is 2.47. The van der Waals surface area contributed by atoms with E-state index in [9.17, 15) is 4.39 Å². The summed E-state index contributed by atoms with van der Waals surface area (Å²) >= 11 is 0. The van der Waals surface area contributed by atoms with Gasteiger partial charge in [-0.05, 0) is 38.7 Å². The van der Waals surface area contributed by atoms with E-state index in [4.69, 9.17) is 4.74 Å². The van der Waals surface area contributed by atoms with Crippen molar-refractivity contribution in [2.75, 3.05) is 0 Å². The zero-order valence-electron chi connectivity index (χ0n) is 13.6. The molecule has 0 saturated heterocycles. The van der Waals surface area contributed by atoms with E-state index in [1.54, 1.807) is 6.92 Å². The predicted molar refractivity (Wildman–Crippen MR) is 88.8 cm³/mol. The summed E-state index contributed by atoms with van der Waals surface area (Å²) in [5, 5.41) is 0. The molecule has 3 unspecified atom stereocenters. The summed E-state index contributed by atoms with van der Waals surface area (Å²) in [6, 6.07) is 8.15. The number of hydrogen-bond acceptors (Lipinski definition) is 1. The lowest BCUT2D eigenvalue weighted by atomic mass is 10.00. The van der Waals surface area contributed by atoms with Gasteiger partial charge < -0.3 is 4.74 Å². The number of alkyl halides is 1. The summed E-state index contributed by atoms with van der Waals surface area (Å²) < 4.78 is 19.1. The molecule has 3 atom stereocenters. The van der Waals surface area contributed by atoms with Gasteiger partial charge in [-0.2, -0.15) is 0 Å². The third kappa shape index (κ3) is 6.33. The number of para-hydroxylation sites is 1. The Balaban J connectivity index is 2.71. The van der Waals surface area contributed by atoms with Crippen LogP contribution in [0.5, 0.6) is 5.75 Å². The molecule has 2 heteroatoms. The molecule has 0 heterocycles. The molecule has 0 aliphatic heterocycles. The summed E-state index contributed by atoms with van der Waals surface area (Å²) in [5.74, 6) is 1.21. The summed E-state index contributed by atoms with van der Waals surface area (Å²) in [4.78, 5) is 0. The summed E-state index contributed by atoms with van der Waals surface area (Å²) in [5.41, 5.74) is 1.17. The lowest BCUT2D eigenvalue weighted by Crippen LogP contribution is -2.17. The van der Waals surface area contributed by atoms with Crippen LogP contribution in [-0.4, -0.2) is 12.3 Å². The molecule has 0 aliphatic carbocycles. The number of hydrogen-bond donors (Lipinski definition) is 0. The van der Waals surface area contributed by atoms with Crippen LogP contribution in [-0.2, 0) is 0 Å². The van der Waals surface area contributed by atoms with Crippen molar-refractivity contribution in [3.8, 4) is 5.75 Å². The molecule has 1 rings (SSSR count). The third-order valence-corrected chi connectivity index (χ3v) is 3.80. The van der Waals surface area contributed by atoms with Crippen LogP contribution in [0.3, 0.4) is 0 Å². The van der Waals surface area contributed by atoms with E-state index in [0.717, 1.165) is 31.4 Å². The van der Waals surface area contributed by atoms with Crippen molar-refractivity contribution in [3.63, 3.8) is 0 Å². The molecule has 0 amide bonds. The smallest absolute Gasteiger partial charge is 0.123 e. The standard InChI is InChI=1S/C19H29FO/c1-5-10-17(12-9-11-16(4)20)21-19-14-8-7-13-18(19)15(3)6-2/h6-8,13-17H,2,5,9-12H2,1,3-4H3. The van der Waals surface area contributed by atoms with Gasteiger partial charge in [-0.3, -0.25) is 0 Å². The number of allylic oxidation sites excluding steroid dienone is 1. The van der Waals surface area contributed by atoms with E-state index in [-0.39, 0.29) is 12.0 Å². The first-order valence-electron chi connectivity index (χ1n) is 8.10. The van der Waals surface area contributed by atoms with E-state index in [1.807, 2.05) is 24.3 Å². The molecular formula is C19H29FO. The normalized spacial score (nSPS) is 15.2. The van der Waals surface area contributed by atoms with Crippen molar-refractivity contribution in [1.82, 2.24) is 0 Å². The first-order chi connectivity index (χ1) is 10.1. The van der Waals surface area contributed by atoms with Gasteiger partial charge in [0.15, 0.2) is 0 Å². The topological polar surface area (TPSA) is 9.23 Å². The summed E-state index contributed by atoms with van der Waals surface area (Å²) in [6.07, 6.45) is 5.88. The molecule has 0 N–H and O–H groups in total. The Bertz CT molecular complexity index is 414. The first kappa shape index (κ1) is 17.7. The van der Waals surface area contributed by atoms with Gasteiger partial charge in [-0.25, -0.2) is 4.39 Å². The number of rotatable bonds is 10. The van der Waals surface area contributed by atoms with E-state index in [2.05, 4.69) is 26.5 Å². The highest BCUT2D eigenvalue weighted by Crippen LogP contribution is 2.29. The second-order valence-electron chi connectivity index (χ2n) is 5.80. The zero-order valence-corrected chi connectivity index (χ0v) is 13.6. The highest BCUT2D eigenvalue weighted by Gasteiger charge is 2.14. The van der Waals surface area contributed by atoms with E-state index in [0.29, 0.717) is 6.42 Å². The van der Waals surface area contributed by atoms with Gasteiger partial charge in [-0.15, -0.1) is 6.58 Å². The zero-order chi connectivity index (χ0) is 15.7. The quantitative estimate of drug-likeness (QED) is 0.477. The van der Waals surface area contributed by atoms with Crippen molar-refractivity contribution < 1.29 is 9.13 Å². The Labute approximate surface area is 129 Å². The summed E-state index contributed by atoms with van der Waals surface area (Å²) in [7, 11) is 0. The Morgan fingerprint density at radius 2 is 1.90 bits per heavy atom. The number of halogens is 1. The van der Waals surface area contributed by atoms with Gasteiger partial charge in [0.2, 0.25) is 0 Å². The minimum atomic E-state index is -0.722. The lowest BCUT2D eigenvalue weighted by Gasteiger charge is -2.22. The number of ether oxygens (including phenoxy) is 1. The highest BCUT2D eigenvalue weighted by atomic mass is 19.1. The van der Waals surface area contributed by atoms with Crippen LogP contribution >= 0.6 is 0 Å². The average molecular weight is 292 g/mol. The van der Waals surface area contributed by atoms with Gasteiger partial charge in [0, 0.05) is 11.5 Å². The molecule has 0 radical (unpaired) electrons. The van der Waals surface area contributed by atoms with Gasteiger partial charge in [0.1, 0.15) is 5.75 Å². The second-order valence-corrected chi connectivity index (χ2v) is 5.80. The van der Waals surface area contributed by atoms with Crippen LogP contribution in [0.2, 0.25) is 0 Å². The molecular weight excluding hydrogens is 263 g/mol. The van der Waals surface area contributed by atoms with Gasteiger partial charge in [-0.1, -0.05) is 44.5 Å².